The van der Waals surface area contributed by atoms with Crippen molar-refractivity contribution in [3.8, 4) is 0 Å². The average Bonchev–Trinajstić information content (AvgIpc) is 2.27. The summed E-state index contributed by atoms with van der Waals surface area (Å²) in [6.45, 7) is 3.60. The molecule has 1 unspecified atom stereocenters. The number of carbonyl (C=O) groups excluding carboxylic acids is 2. The fraction of sp³-hybridized carbons (Fsp3) is 0.333. The van der Waals surface area contributed by atoms with E-state index in [1.807, 2.05) is 6.07 Å². The summed E-state index contributed by atoms with van der Waals surface area (Å²) in [5.74, 6) is -0.766. The molecule has 0 fully saturated rings. The van der Waals surface area contributed by atoms with E-state index in [0.29, 0.717) is 12.2 Å². The number of carbonyl (C=O) groups is 2. The third kappa shape index (κ3) is 4.42. The Morgan fingerprint density at radius 3 is 2.33 bits per heavy atom. The highest BCUT2D eigenvalue weighted by Crippen LogP contribution is 2.20. The molecular weight excluding hydrogens is 366 g/mol. The van der Waals surface area contributed by atoms with Gasteiger partial charge in [-0.15, -0.1) is 0 Å². The summed E-state index contributed by atoms with van der Waals surface area (Å²) in [5.41, 5.74) is 0.465. The molecule has 0 aliphatic carbocycles. The van der Waals surface area contributed by atoms with E-state index in [9.17, 15) is 9.59 Å². The molecule has 0 radical (unpaired) electrons. The third-order valence-electron chi connectivity index (χ3n) is 2.11. The van der Waals surface area contributed by atoms with Crippen LogP contribution in [0.1, 0.15) is 24.2 Å². The van der Waals surface area contributed by atoms with Crippen molar-refractivity contribution in [1.29, 1.82) is 0 Å². The zero-order chi connectivity index (χ0) is 13.7. The number of amides is 1. The van der Waals surface area contributed by atoms with Gasteiger partial charge in [-0.3, -0.25) is 4.79 Å². The van der Waals surface area contributed by atoms with Crippen LogP contribution in [0.3, 0.4) is 0 Å². The Hall–Kier alpha value is -0.880. The van der Waals surface area contributed by atoms with Crippen LogP contribution < -0.4 is 5.32 Å². The van der Waals surface area contributed by atoms with E-state index in [2.05, 4.69) is 37.2 Å². The second kappa shape index (κ2) is 6.89. The first-order valence-corrected chi connectivity index (χ1v) is 6.96. The molecule has 1 aromatic carbocycles. The predicted octanol–water partition coefficient (Wildman–Crippen LogP) is 2.89. The van der Waals surface area contributed by atoms with Gasteiger partial charge in [0, 0.05) is 14.5 Å². The minimum atomic E-state index is -0.671. The molecule has 1 rings (SSSR count). The van der Waals surface area contributed by atoms with Crippen LogP contribution in [0.25, 0.3) is 0 Å². The first kappa shape index (κ1) is 15.2. The molecule has 0 bridgehead atoms. The van der Waals surface area contributed by atoms with Crippen LogP contribution in [0.5, 0.6) is 0 Å². The third-order valence-corrected chi connectivity index (χ3v) is 3.03. The van der Waals surface area contributed by atoms with E-state index in [1.54, 1.807) is 26.0 Å². The summed E-state index contributed by atoms with van der Waals surface area (Å²) >= 11 is 6.60. The van der Waals surface area contributed by atoms with Crippen LogP contribution in [0.4, 0.5) is 0 Å². The molecule has 6 heteroatoms. The Morgan fingerprint density at radius 1 is 1.28 bits per heavy atom. The molecule has 98 valence electrons. The van der Waals surface area contributed by atoms with Crippen molar-refractivity contribution in [3.63, 3.8) is 0 Å². The zero-order valence-electron chi connectivity index (χ0n) is 10.00. The van der Waals surface area contributed by atoms with Gasteiger partial charge in [0.2, 0.25) is 0 Å². The normalized spacial score (nSPS) is 11.8. The molecular formula is C12H13Br2NO3. The molecule has 0 saturated carbocycles. The summed E-state index contributed by atoms with van der Waals surface area (Å²) in [4.78, 5) is 23.3. The maximum absolute atomic E-state index is 11.9. The molecule has 18 heavy (non-hydrogen) atoms. The van der Waals surface area contributed by atoms with Crippen LogP contribution in [-0.2, 0) is 9.53 Å². The van der Waals surface area contributed by atoms with Crippen LogP contribution >= 0.6 is 31.9 Å². The highest BCUT2D eigenvalue weighted by molar-refractivity contribution is 9.11. The Labute approximate surface area is 122 Å². The Kier molecular flexibility index (Phi) is 5.81. The van der Waals surface area contributed by atoms with E-state index < -0.39 is 12.0 Å². The lowest BCUT2D eigenvalue weighted by Crippen LogP contribution is -2.39. The smallest absolute Gasteiger partial charge is 0.328 e. The van der Waals surface area contributed by atoms with Crippen molar-refractivity contribution in [3.05, 3.63) is 32.7 Å². The van der Waals surface area contributed by atoms with Gasteiger partial charge in [-0.1, -0.05) is 31.9 Å². The molecule has 1 aromatic rings. The van der Waals surface area contributed by atoms with Gasteiger partial charge >= 0.3 is 5.97 Å². The van der Waals surface area contributed by atoms with Crippen molar-refractivity contribution in [2.75, 3.05) is 6.61 Å². The zero-order valence-corrected chi connectivity index (χ0v) is 13.2. The average molecular weight is 379 g/mol. The minimum absolute atomic E-state index is 0.293. The number of hydrogen-bond acceptors (Lipinski definition) is 3. The second-order valence-electron chi connectivity index (χ2n) is 3.61. The lowest BCUT2D eigenvalue weighted by Gasteiger charge is -2.12. The Morgan fingerprint density at radius 2 is 1.83 bits per heavy atom. The number of nitrogens with one attached hydrogen (secondary N) is 1. The first-order valence-electron chi connectivity index (χ1n) is 5.37. The van der Waals surface area contributed by atoms with Crippen LogP contribution in [0.15, 0.2) is 27.1 Å². The number of hydrogen-bond donors (Lipinski definition) is 1. The van der Waals surface area contributed by atoms with E-state index in [0.717, 1.165) is 8.95 Å². The minimum Gasteiger partial charge on any atom is -0.464 e. The largest absolute Gasteiger partial charge is 0.464 e. The predicted molar refractivity (Wildman–Crippen MR) is 75.4 cm³/mol. The molecule has 1 atom stereocenters. The first-order chi connectivity index (χ1) is 8.43. The number of benzene rings is 1. The summed E-state index contributed by atoms with van der Waals surface area (Å²) in [7, 11) is 0. The second-order valence-corrected chi connectivity index (χ2v) is 5.44. The van der Waals surface area contributed by atoms with E-state index in [4.69, 9.17) is 4.74 Å². The van der Waals surface area contributed by atoms with Crippen LogP contribution in [0.2, 0.25) is 0 Å². The molecule has 0 heterocycles. The van der Waals surface area contributed by atoms with Gasteiger partial charge in [-0.25, -0.2) is 4.79 Å². The van der Waals surface area contributed by atoms with Gasteiger partial charge in [0.1, 0.15) is 6.04 Å². The number of halogens is 2. The standard InChI is InChI=1S/C12H13Br2NO3/c1-3-18-12(17)7(2)15-11(16)8-4-9(13)6-10(14)5-8/h4-7H,3H2,1-2H3,(H,15,16). The highest BCUT2D eigenvalue weighted by Gasteiger charge is 2.17. The molecule has 0 saturated heterocycles. The molecule has 0 aromatic heterocycles. The van der Waals surface area contributed by atoms with E-state index >= 15 is 0 Å². The fourth-order valence-corrected chi connectivity index (χ4v) is 2.58. The molecule has 0 aliphatic heterocycles. The number of rotatable bonds is 4. The van der Waals surface area contributed by atoms with Crippen LogP contribution in [0, 0.1) is 0 Å². The molecule has 0 aliphatic rings. The maximum atomic E-state index is 11.9. The van der Waals surface area contributed by atoms with Crippen molar-refractivity contribution in [1.82, 2.24) is 5.32 Å². The van der Waals surface area contributed by atoms with Crippen molar-refractivity contribution in [2.45, 2.75) is 19.9 Å². The SMILES string of the molecule is CCOC(=O)C(C)NC(=O)c1cc(Br)cc(Br)c1. The maximum Gasteiger partial charge on any atom is 0.328 e. The molecule has 1 N–H and O–H groups in total. The Bertz CT molecular complexity index is 442. The molecule has 4 nitrogen and oxygen atoms in total. The van der Waals surface area contributed by atoms with Crippen LogP contribution in [-0.4, -0.2) is 24.5 Å². The summed E-state index contributed by atoms with van der Waals surface area (Å²) < 4.78 is 6.38. The highest BCUT2D eigenvalue weighted by atomic mass is 79.9. The lowest BCUT2D eigenvalue weighted by atomic mass is 10.2. The van der Waals surface area contributed by atoms with Gasteiger partial charge in [0.15, 0.2) is 0 Å². The number of esters is 1. The summed E-state index contributed by atoms with van der Waals surface area (Å²) in [6, 6.07) is 4.51. The number of ether oxygens (including phenoxy) is 1. The summed E-state index contributed by atoms with van der Waals surface area (Å²) in [5, 5.41) is 2.58. The van der Waals surface area contributed by atoms with E-state index in [1.165, 1.54) is 0 Å². The summed E-state index contributed by atoms with van der Waals surface area (Å²) in [6.07, 6.45) is 0. The van der Waals surface area contributed by atoms with Gasteiger partial charge in [0.25, 0.3) is 5.91 Å². The quantitative estimate of drug-likeness (QED) is 0.819. The monoisotopic (exact) mass is 377 g/mol. The van der Waals surface area contributed by atoms with Crippen molar-refractivity contribution >= 4 is 43.7 Å². The van der Waals surface area contributed by atoms with Crippen molar-refractivity contribution in [2.24, 2.45) is 0 Å². The fourth-order valence-electron chi connectivity index (χ4n) is 1.29. The van der Waals surface area contributed by atoms with Gasteiger partial charge in [-0.05, 0) is 32.0 Å². The van der Waals surface area contributed by atoms with Crippen molar-refractivity contribution < 1.29 is 14.3 Å². The Balaban J connectivity index is 2.73. The van der Waals surface area contributed by atoms with Gasteiger partial charge in [-0.2, -0.15) is 0 Å². The van der Waals surface area contributed by atoms with E-state index in [-0.39, 0.29) is 5.91 Å². The molecule has 1 amide bonds. The molecule has 0 spiro atoms. The lowest BCUT2D eigenvalue weighted by molar-refractivity contribution is -0.144. The van der Waals surface area contributed by atoms with Gasteiger partial charge < -0.3 is 10.1 Å². The van der Waals surface area contributed by atoms with Gasteiger partial charge in [0.05, 0.1) is 6.61 Å². The topological polar surface area (TPSA) is 55.4 Å².